The van der Waals surface area contributed by atoms with E-state index in [9.17, 15) is 0 Å². The Morgan fingerprint density at radius 1 is 0.375 bits per heavy atom. The molecule has 0 aromatic rings. The van der Waals surface area contributed by atoms with Crippen LogP contribution in [-0.2, 0) is 0 Å². The van der Waals surface area contributed by atoms with E-state index in [4.69, 9.17) is 69.6 Å². The van der Waals surface area contributed by atoms with Crippen LogP contribution in [0.3, 0.4) is 0 Å². The second kappa shape index (κ2) is 11.2. The van der Waals surface area contributed by atoms with Gasteiger partial charge in [0.1, 0.15) is 0 Å². The van der Waals surface area contributed by atoms with Crippen molar-refractivity contribution in [2.75, 3.05) is 0 Å². The molecule has 88 valence electrons. The van der Waals surface area contributed by atoms with Crippen molar-refractivity contribution in [3.8, 4) is 0 Å². The lowest BCUT2D eigenvalue weighted by Crippen LogP contribution is -2.83. The standard InChI is InChI=1S/C4H12B20/c1-14(2)20(13)23(19(11)12)24(21(15(3)4)16(5)6)22(17(7)8)18(9)10/h1-4H3. The Morgan fingerprint density at radius 2 is 0.708 bits per heavy atom. The molecule has 0 nitrogen and oxygen atoms in total. The van der Waals surface area contributed by atoms with Gasteiger partial charge in [-0.1, -0.05) is 27.3 Å². The molecule has 20 heteroatoms. The van der Waals surface area contributed by atoms with E-state index in [1.807, 2.05) is 27.3 Å². The van der Waals surface area contributed by atoms with Gasteiger partial charge in [0.2, 0.25) is 0 Å². The van der Waals surface area contributed by atoms with Gasteiger partial charge in [0.05, 0.1) is 13.2 Å². The van der Waals surface area contributed by atoms with E-state index in [-0.39, 0.29) is 38.7 Å². The molecule has 0 unspecified atom stereocenters. The topological polar surface area (TPSA) is 0 Å². The predicted octanol–water partition coefficient (Wildman–Crippen LogP) is -5.28. The summed E-state index contributed by atoms with van der Waals surface area (Å²) in [5.41, 5.74) is 0. The monoisotopic (exact) mass is 280 g/mol. The van der Waals surface area contributed by atoms with E-state index >= 15 is 0 Å². The van der Waals surface area contributed by atoms with Crippen LogP contribution < -0.4 is 0 Å². The molecule has 0 aromatic heterocycles. The van der Waals surface area contributed by atoms with Crippen molar-refractivity contribution in [3.05, 3.63) is 0 Å². The van der Waals surface area contributed by atoms with Crippen molar-refractivity contribution in [1.29, 1.82) is 0 Å². The molecule has 0 rings (SSSR count). The van der Waals surface area contributed by atoms with Gasteiger partial charge in [0.25, 0.3) is 0 Å². The highest BCUT2D eigenvalue weighted by Crippen LogP contribution is 2.12. The smallest absolute Gasteiger partial charge is 0.0835 e. The summed E-state index contributed by atoms with van der Waals surface area (Å²) < 4.78 is 0. The second-order valence-corrected chi connectivity index (χ2v) is 7.68. The van der Waals surface area contributed by atoms with Crippen LogP contribution in [0.15, 0.2) is 0 Å². The first-order valence-corrected chi connectivity index (χ1v) is 8.64. The third kappa shape index (κ3) is 6.79. The van der Waals surface area contributed by atoms with E-state index < -0.39 is 31.9 Å². The zero-order chi connectivity index (χ0) is 19.4. The van der Waals surface area contributed by atoms with Crippen LogP contribution in [0.1, 0.15) is 0 Å². The Balaban J connectivity index is 6.24. The van der Waals surface area contributed by atoms with Crippen molar-refractivity contribution >= 4 is 140 Å². The fourth-order valence-corrected chi connectivity index (χ4v) is 3.90. The molecule has 24 heavy (non-hydrogen) atoms. The van der Waals surface area contributed by atoms with Crippen molar-refractivity contribution in [2.24, 2.45) is 0 Å². The summed E-state index contributed by atoms with van der Waals surface area (Å²) in [4.78, 5) is 0. The molecule has 0 N–H and O–H groups in total. The lowest BCUT2D eigenvalue weighted by Gasteiger charge is -2.45. The van der Waals surface area contributed by atoms with Crippen molar-refractivity contribution < 1.29 is 0 Å². The molecule has 0 atom stereocenters. The first-order chi connectivity index (χ1) is 10.8. The molecule has 0 aliphatic rings. The molecule has 0 saturated heterocycles. The molecule has 0 heterocycles. The summed E-state index contributed by atoms with van der Waals surface area (Å²) in [6, 6.07) is 0. The minimum Gasteiger partial charge on any atom is -0.0937 e. The highest BCUT2D eigenvalue weighted by atomic mass is 13.4. The largest absolute Gasteiger partial charge is 0.0937 e. The summed E-state index contributed by atoms with van der Waals surface area (Å²) >= 11 is 0. The first-order valence-electron chi connectivity index (χ1n) is 8.64. The SMILES string of the molecule is [B]B([B])B(B([B])[B])B(B(B([B])[B])B(C)C)B(B([B])[B])B([B])B(C)C. The van der Waals surface area contributed by atoms with Crippen molar-refractivity contribution in [2.45, 2.75) is 27.3 Å². The maximum absolute atomic E-state index is 6.43. The van der Waals surface area contributed by atoms with Crippen molar-refractivity contribution in [1.82, 2.24) is 0 Å². The van der Waals surface area contributed by atoms with Gasteiger partial charge >= 0.3 is 0 Å². The van der Waals surface area contributed by atoms with Crippen LogP contribution in [0.4, 0.5) is 0 Å². The van der Waals surface area contributed by atoms with Crippen molar-refractivity contribution in [3.63, 3.8) is 0 Å². The van der Waals surface area contributed by atoms with Gasteiger partial charge in [-0.15, -0.1) is 0 Å². The van der Waals surface area contributed by atoms with Gasteiger partial charge in [0, 0.05) is 127 Å². The number of rotatable bonds is 10. The van der Waals surface area contributed by atoms with E-state index in [1.54, 1.807) is 0 Å². The van der Waals surface area contributed by atoms with Gasteiger partial charge in [-0.2, -0.15) is 0 Å². The summed E-state index contributed by atoms with van der Waals surface area (Å²) in [7, 11) is 54.8. The van der Waals surface area contributed by atoms with Gasteiger partial charge in [0.15, 0.2) is 0 Å². The molecule has 0 aromatic carbocycles. The van der Waals surface area contributed by atoms with Gasteiger partial charge < -0.3 is 0 Å². The summed E-state index contributed by atoms with van der Waals surface area (Å²) in [5.74, 6) is 0. The summed E-state index contributed by atoms with van der Waals surface area (Å²) in [6.45, 7) is 8.30. The molecule has 0 aliphatic heterocycles. The molecule has 0 amide bonds. The molecular weight excluding hydrogens is 264 g/mol. The predicted molar refractivity (Wildman–Crippen MR) is 139 cm³/mol. The Labute approximate surface area is 167 Å². The molecule has 0 spiro atoms. The fourth-order valence-electron chi connectivity index (χ4n) is 3.90. The van der Waals surface area contributed by atoms with Crippen LogP contribution in [0.2, 0.25) is 27.3 Å². The van der Waals surface area contributed by atoms with E-state index in [1.165, 1.54) is 0 Å². The third-order valence-corrected chi connectivity index (χ3v) is 5.10. The maximum Gasteiger partial charge on any atom is 0.0835 e. The van der Waals surface area contributed by atoms with E-state index in [0.717, 1.165) is 0 Å². The average molecular weight is 276 g/mol. The highest BCUT2D eigenvalue weighted by molar-refractivity contribution is 8.20. The number of hydrogen-bond acceptors (Lipinski definition) is 0. The van der Waals surface area contributed by atoms with Crippen LogP contribution in [0, 0.1) is 0 Å². The van der Waals surface area contributed by atoms with E-state index in [0.29, 0.717) is 0 Å². The zero-order valence-electron chi connectivity index (χ0n) is 15.5. The van der Waals surface area contributed by atoms with Crippen LogP contribution in [-0.4, -0.2) is 140 Å². The lowest BCUT2D eigenvalue weighted by atomic mass is 8.37. The lowest BCUT2D eigenvalue weighted by molar-refractivity contribution is 2.09. The van der Waals surface area contributed by atoms with Crippen LogP contribution in [0.25, 0.3) is 0 Å². The Morgan fingerprint density at radius 3 is 0.917 bits per heavy atom. The van der Waals surface area contributed by atoms with Gasteiger partial charge in [-0.25, -0.2) is 0 Å². The first kappa shape index (κ1) is 25.3. The van der Waals surface area contributed by atoms with Crippen LogP contribution in [0.5, 0.6) is 0 Å². The minimum atomic E-state index is -0.768. The zero-order valence-corrected chi connectivity index (χ0v) is 15.5. The Kier molecular flexibility index (Phi) is 11.8. The third-order valence-electron chi connectivity index (χ3n) is 5.10. The quantitative estimate of drug-likeness (QED) is 0.350. The molecule has 0 aliphatic carbocycles. The van der Waals surface area contributed by atoms with Gasteiger partial charge in [-0.3, -0.25) is 0 Å². The molecule has 0 fully saturated rings. The highest BCUT2D eigenvalue weighted by Gasteiger charge is 2.48. The molecule has 0 saturated carbocycles. The Hall–Kier alpha value is 1.30. The second-order valence-electron chi connectivity index (χ2n) is 7.68. The minimum absolute atomic E-state index is 0.121. The average Bonchev–Trinajstić information content (AvgIpc) is 2.35. The molecular formula is C4H12B20. The summed E-state index contributed by atoms with van der Waals surface area (Å²) in [5, 5.41) is 0. The normalized spacial score (nSPS) is 9.50. The maximum atomic E-state index is 6.43. The fraction of sp³-hybridized carbons (Fsp3) is 1.00. The van der Waals surface area contributed by atoms with Gasteiger partial charge in [-0.05, 0) is 0 Å². The van der Waals surface area contributed by atoms with Crippen LogP contribution >= 0.6 is 0 Å². The molecule has 18 radical (unpaired) electrons. The Bertz CT molecular complexity index is 301. The molecule has 0 bridgehead atoms. The summed E-state index contributed by atoms with van der Waals surface area (Å²) in [6.07, 6.45) is -4.46. The number of hydrogen-bond donors (Lipinski definition) is 0. The van der Waals surface area contributed by atoms with E-state index in [2.05, 4.69) is 0 Å².